The minimum Gasteiger partial charge on any atom is -0.329 e. The summed E-state index contributed by atoms with van der Waals surface area (Å²) in [4.78, 5) is 2.57. The number of hydrogen-bond acceptors (Lipinski definition) is 2. The molecule has 1 fully saturated rings. The van der Waals surface area contributed by atoms with Crippen molar-refractivity contribution < 1.29 is 0 Å². The Kier molecular flexibility index (Phi) is 3.97. The summed E-state index contributed by atoms with van der Waals surface area (Å²) < 4.78 is 0. The van der Waals surface area contributed by atoms with Crippen LogP contribution in [0.2, 0.25) is 0 Å². The predicted octanol–water partition coefficient (Wildman–Crippen LogP) is 2.56. The van der Waals surface area contributed by atoms with Crippen LogP contribution in [0.4, 0.5) is 0 Å². The maximum atomic E-state index is 5.87. The standard InChI is InChI=1S/C14H22N2/c1-12(13-7-3-2-4-8-13)16-10-6-5-9-14(16)11-15/h2-4,7-8,12,14H,5-6,9-11,15H2,1H3. The third-order valence-corrected chi connectivity index (χ3v) is 3.72. The number of nitrogens with two attached hydrogens (primary N) is 1. The minimum absolute atomic E-state index is 0.495. The average Bonchev–Trinajstić information content (AvgIpc) is 2.39. The molecule has 2 N–H and O–H groups in total. The van der Waals surface area contributed by atoms with Crippen LogP contribution in [0.3, 0.4) is 0 Å². The van der Waals surface area contributed by atoms with Crippen LogP contribution in [0, 0.1) is 0 Å². The summed E-state index contributed by atoms with van der Waals surface area (Å²) in [5, 5.41) is 0. The van der Waals surface area contributed by atoms with Crippen molar-refractivity contribution in [2.45, 2.75) is 38.3 Å². The number of benzene rings is 1. The Bertz CT molecular complexity index is 310. The Morgan fingerprint density at radius 1 is 1.31 bits per heavy atom. The Morgan fingerprint density at radius 3 is 2.75 bits per heavy atom. The monoisotopic (exact) mass is 218 g/mol. The van der Waals surface area contributed by atoms with Crippen LogP contribution in [0.25, 0.3) is 0 Å². The van der Waals surface area contributed by atoms with Gasteiger partial charge in [-0.1, -0.05) is 36.8 Å². The van der Waals surface area contributed by atoms with E-state index in [0.717, 1.165) is 6.54 Å². The van der Waals surface area contributed by atoms with Gasteiger partial charge >= 0.3 is 0 Å². The normalized spacial score (nSPS) is 24.2. The van der Waals surface area contributed by atoms with Gasteiger partial charge < -0.3 is 5.73 Å². The molecule has 0 spiro atoms. The summed E-state index contributed by atoms with van der Waals surface area (Å²) in [6, 6.07) is 11.8. The van der Waals surface area contributed by atoms with E-state index in [4.69, 9.17) is 5.73 Å². The lowest BCUT2D eigenvalue weighted by Gasteiger charge is -2.39. The van der Waals surface area contributed by atoms with E-state index in [1.807, 2.05) is 0 Å². The number of piperidine rings is 1. The first kappa shape index (κ1) is 11.6. The Balaban J connectivity index is 2.10. The number of rotatable bonds is 3. The summed E-state index contributed by atoms with van der Waals surface area (Å²) in [6.45, 7) is 4.28. The predicted molar refractivity (Wildman–Crippen MR) is 68.3 cm³/mol. The van der Waals surface area contributed by atoms with Crippen molar-refractivity contribution in [3.63, 3.8) is 0 Å². The van der Waals surface area contributed by atoms with Crippen molar-refractivity contribution in [1.29, 1.82) is 0 Å². The van der Waals surface area contributed by atoms with Crippen LogP contribution in [0.15, 0.2) is 30.3 Å². The molecule has 2 rings (SSSR count). The van der Waals surface area contributed by atoms with Crippen LogP contribution in [0.5, 0.6) is 0 Å². The van der Waals surface area contributed by atoms with E-state index >= 15 is 0 Å². The molecular weight excluding hydrogens is 196 g/mol. The first-order chi connectivity index (χ1) is 7.83. The molecule has 16 heavy (non-hydrogen) atoms. The Morgan fingerprint density at radius 2 is 2.06 bits per heavy atom. The fourth-order valence-corrected chi connectivity index (χ4v) is 2.71. The smallest absolute Gasteiger partial charge is 0.0323 e. The molecule has 1 aliphatic rings. The summed E-state index contributed by atoms with van der Waals surface area (Å²) in [7, 11) is 0. The molecule has 2 nitrogen and oxygen atoms in total. The third-order valence-electron chi connectivity index (χ3n) is 3.72. The molecule has 0 radical (unpaired) electrons. The van der Waals surface area contributed by atoms with Gasteiger partial charge in [-0.05, 0) is 31.9 Å². The minimum atomic E-state index is 0.495. The largest absolute Gasteiger partial charge is 0.329 e. The number of nitrogens with zero attached hydrogens (tertiary/aromatic N) is 1. The topological polar surface area (TPSA) is 29.3 Å². The van der Waals surface area contributed by atoms with Gasteiger partial charge in [0, 0.05) is 18.6 Å². The van der Waals surface area contributed by atoms with Gasteiger partial charge in [-0.15, -0.1) is 0 Å². The van der Waals surface area contributed by atoms with Crippen molar-refractivity contribution in [3.05, 3.63) is 35.9 Å². The zero-order valence-electron chi connectivity index (χ0n) is 10.1. The first-order valence-electron chi connectivity index (χ1n) is 6.33. The third kappa shape index (κ3) is 2.45. The van der Waals surface area contributed by atoms with Crippen LogP contribution in [0.1, 0.15) is 37.8 Å². The molecular formula is C14H22N2. The van der Waals surface area contributed by atoms with Crippen molar-refractivity contribution in [2.75, 3.05) is 13.1 Å². The Labute approximate surface area is 98.4 Å². The SMILES string of the molecule is CC(c1ccccc1)N1CCCCC1CN. The highest BCUT2D eigenvalue weighted by Crippen LogP contribution is 2.27. The molecule has 88 valence electrons. The van der Waals surface area contributed by atoms with Gasteiger partial charge in [-0.25, -0.2) is 0 Å². The molecule has 2 heteroatoms. The molecule has 0 bridgehead atoms. The lowest BCUT2D eigenvalue weighted by molar-refractivity contribution is 0.108. The summed E-state index contributed by atoms with van der Waals surface area (Å²) in [5.74, 6) is 0. The van der Waals surface area contributed by atoms with Gasteiger partial charge in [0.25, 0.3) is 0 Å². The maximum Gasteiger partial charge on any atom is 0.0323 e. The van der Waals surface area contributed by atoms with Crippen LogP contribution >= 0.6 is 0 Å². The van der Waals surface area contributed by atoms with Gasteiger partial charge in [0.05, 0.1) is 0 Å². The average molecular weight is 218 g/mol. The van der Waals surface area contributed by atoms with Crippen LogP contribution < -0.4 is 5.73 Å². The van der Waals surface area contributed by atoms with Crippen molar-refractivity contribution in [1.82, 2.24) is 4.90 Å². The fourth-order valence-electron chi connectivity index (χ4n) is 2.71. The van der Waals surface area contributed by atoms with E-state index in [1.165, 1.54) is 31.4 Å². The Hall–Kier alpha value is -0.860. The highest BCUT2D eigenvalue weighted by molar-refractivity contribution is 5.18. The van der Waals surface area contributed by atoms with Gasteiger partial charge in [-0.3, -0.25) is 4.90 Å². The van der Waals surface area contributed by atoms with E-state index in [9.17, 15) is 0 Å². The second kappa shape index (κ2) is 5.46. The molecule has 0 aromatic heterocycles. The second-order valence-corrected chi connectivity index (χ2v) is 4.71. The van der Waals surface area contributed by atoms with Crippen molar-refractivity contribution in [2.24, 2.45) is 5.73 Å². The molecule has 1 saturated heterocycles. The van der Waals surface area contributed by atoms with E-state index in [2.05, 4.69) is 42.2 Å². The highest BCUT2D eigenvalue weighted by Gasteiger charge is 2.25. The lowest BCUT2D eigenvalue weighted by Crippen LogP contribution is -2.45. The van der Waals surface area contributed by atoms with E-state index in [1.54, 1.807) is 0 Å². The summed E-state index contributed by atoms with van der Waals surface area (Å²) in [5.41, 5.74) is 7.27. The summed E-state index contributed by atoms with van der Waals surface area (Å²) >= 11 is 0. The van der Waals surface area contributed by atoms with Crippen molar-refractivity contribution in [3.8, 4) is 0 Å². The zero-order chi connectivity index (χ0) is 11.4. The van der Waals surface area contributed by atoms with E-state index in [-0.39, 0.29) is 0 Å². The second-order valence-electron chi connectivity index (χ2n) is 4.71. The highest BCUT2D eigenvalue weighted by atomic mass is 15.2. The van der Waals surface area contributed by atoms with E-state index in [0.29, 0.717) is 12.1 Å². The van der Waals surface area contributed by atoms with Crippen LogP contribution in [-0.4, -0.2) is 24.0 Å². The van der Waals surface area contributed by atoms with Gasteiger partial charge in [-0.2, -0.15) is 0 Å². The zero-order valence-corrected chi connectivity index (χ0v) is 10.1. The fraction of sp³-hybridized carbons (Fsp3) is 0.571. The number of likely N-dealkylation sites (tertiary alicyclic amines) is 1. The molecule has 1 aliphatic heterocycles. The lowest BCUT2D eigenvalue weighted by atomic mass is 9.97. The molecule has 1 aromatic rings. The van der Waals surface area contributed by atoms with Crippen LogP contribution in [-0.2, 0) is 0 Å². The van der Waals surface area contributed by atoms with Gasteiger partial charge in [0.1, 0.15) is 0 Å². The summed E-state index contributed by atoms with van der Waals surface area (Å²) in [6.07, 6.45) is 3.90. The van der Waals surface area contributed by atoms with E-state index < -0.39 is 0 Å². The molecule has 1 heterocycles. The molecule has 0 saturated carbocycles. The van der Waals surface area contributed by atoms with Gasteiger partial charge in [0.2, 0.25) is 0 Å². The van der Waals surface area contributed by atoms with Gasteiger partial charge in [0.15, 0.2) is 0 Å². The van der Waals surface area contributed by atoms with Crippen molar-refractivity contribution >= 4 is 0 Å². The maximum absolute atomic E-state index is 5.87. The number of hydrogen-bond donors (Lipinski definition) is 1. The molecule has 0 aliphatic carbocycles. The quantitative estimate of drug-likeness (QED) is 0.845. The molecule has 2 unspecified atom stereocenters. The molecule has 1 aromatic carbocycles. The molecule has 2 atom stereocenters. The first-order valence-corrected chi connectivity index (χ1v) is 6.33. The molecule has 0 amide bonds.